The molecule has 0 unspecified atom stereocenters. The molecule has 1 fully saturated rings. The van der Waals surface area contributed by atoms with Gasteiger partial charge in [0.15, 0.2) is 0 Å². The highest BCUT2D eigenvalue weighted by Crippen LogP contribution is 2.39. The van der Waals surface area contributed by atoms with E-state index >= 15 is 0 Å². The standard InChI is InChI=1S/C19H19FN2O3S/c1-11-17(18(23)22-10-19(20)5-6-19)15-7-13(3-4-16(15)25-11)24-9-14-8-21-12(2)26-14/h3-4,7-8H,5-6,9-10H2,1-2H3,(H,22,23). The third kappa shape index (κ3) is 3.44. The van der Waals surface area contributed by atoms with Crippen LogP contribution in [0.3, 0.4) is 0 Å². The van der Waals surface area contributed by atoms with Crippen molar-refractivity contribution in [2.75, 3.05) is 6.54 Å². The molecular formula is C19H19FN2O3S. The fraction of sp³-hybridized carbons (Fsp3) is 0.368. The molecule has 0 bridgehead atoms. The van der Waals surface area contributed by atoms with Gasteiger partial charge in [-0.3, -0.25) is 4.79 Å². The molecule has 1 saturated carbocycles. The molecule has 1 aliphatic carbocycles. The van der Waals surface area contributed by atoms with Crippen molar-refractivity contribution in [2.45, 2.75) is 39.0 Å². The maximum atomic E-state index is 13.8. The van der Waals surface area contributed by atoms with Crippen molar-refractivity contribution >= 4 is 28.2 Å². The molecule has 0 atom stereocenters. The number of thiazole rings is 1. The second-order valence-electron chi connectivity index (χ2n) is 6.66. The Hall–Kier alpha value is -2.41. The predicted octanol–water partition coefficient (Wildman–Crippen LogP) is 4.32. The molecule has 0 saturated heterocycles. The number of fused-ring (bicyclic) bond motifs is 1. The highest BCUT2D eigenvalue weighted by atomic mass is 32.1. The minimum Gasteiger partial charge on any atom is -0.488 e. The van der Waals surface area contributed by atoms with Crippen molar-refractivity contribution in [3.63, 3.8) is 0 Å². The van der Waals surface area contributed by atoms with Crippen LogP contribution in [0.1, 0.15) is 38.8 Å². The minimum atomic E-state index is -1.23. The molecule has 0 aliphatic heterocycles. The molecule has 1 aromatic carbocycles. The van der Waals surface area contributed by atoms with Gasteiger partial charge in [0.25, 0.3) is 5.91 Å². The monoisotopic (exact) mass is 374 g/mol. The number of nitrogens with one attached hydrogen (secondary N) is 1. The van der Waals surface area contributed by atoms with Gasteiger partial charge in [-0.15, -0.1) is 11.3 Å². The van der Waals surface area contributed by atoms with Crippen LogP contribution in [0, 0.1) is 13.8 Å². The maximum absolute atomic E-state index is 13.8. The summed E-state index contributed by atoms with van der Waals surface area (Å²) in [6, 6.07) is 5.38. The minimum absolute atomic E-state index is 0.0405. The van der Waals surface area contributed by atoms with Crippen molar-refractivity contribution in [1.29, 1.82) is 0 Å². The number of aromatic nitrogens is 1. The third-order valence-electron chi connectivity index (χ3n) is 4.47. The summed E-state index contributed by atoms with van der Waals surface area (Å²) in [4.78, 5) is 17.8. The number of ether oxygens (including phenoxy) is 1. The molecule has 0 radical (unpaired) electrons. The van der Waals surface area contributed by atoms with Crippen molar-refractivity contribution in [3.8, 4) is 5.75 Å². The number of hydrogen-bond acceptors (Lipinski definition) is 5. The Bertz CT molecular complexity index is 974. The van der Waals surface area contributed by atoms with Crippen LogP contribution in [0.4, 0.5) is 4.39 Å². The van der Waals surface area contributed by atoms with Crippen LogP contribution in [-0.2, 0) is 6.61 Å². The van der Waals surface area contributed by atoms with Crippen molar-refractivity contribution < 1.29 is 18.3 Å². The summed E-state index contributed by atoms with van der Waals surface area (Å²) in [5.74, 6) is 0.833. The van der Waals surface area contributed by atoms with E-state index in [0.29, 0.717) is 47.5 Å². The zero-order valence-electron chi connectivity index (χ0n) is 14.6. The number of aryl methyl sites for hydroxylation is 2. The molecule has 1 aliphatic rings. The first kappa shape index (κ1) is 17.0. The summed E-state index contributed by atoms with van der Waals surface area (Å²) < 4.78 is 25.3. The van der Waals surface area contributed by atoms with Crippen molar-refractivity contribution in [2.24, 2.45) is 0 Å². The molecule has 1 N–H and O–H groups in total. The number of amides is 1. The van der Waals surface area contributed by atoms with Crippen LogP contribution in [0.2, 0.25) is 0 Å². The van der Waals surface area contributed by atoms with Crippen LogP contribution in [-0.4, -0.2) is 23.1 Å². The van der Waals surface area contributed by atoms with E-state index in [2.05, 4.69) is 10.3 Å². The summed E-state index contributed by atoms with van der Waals surface area (Å²) in [6.45, 7) is 4.14. The first-order chi connectivity index (χ1) is 12.4. The van der Waals surface area contributed by atoms with Gasteiger partial charge in [0.05, 0.1) is 22.0 Å². The van der Waals surface area contributed by atoms with E-state index < -0.39 is 5.67 Å². The van der Waals surface area contributed by atoms with Crippen LogP contribution < -0.4 is 10.1 Å². The van der Waals surface area contributed by atoms with E-state index in [9.17, 15) is 9.18 Å². The Labute approximate surface area is 154 Å². The lowest BCUT2D eigenvalue weighted by Gasteiger charge is -2.08. The number of nitrogens with zero attached hydrogens (tertiary/aromatic N) is 1. The van der Waals surface area contributed by atoms with E-state index in [1.807, 2.05) is 13.0 Å². The molecule has 0 spiro atoms. The molecule has 26 heavy (non-hydrogen) atoms. The third-order valence-corrected chi connectivity index (χ3v) is 5.36. The average Bonchev–Trinajstić information content (AvgIpc) is 3.05. The fourth-order valence-corrected chi connectivity index (χ4v) is 3.55. The van der Waals surface area contributed by atoms with Gasteiger partial charge in [0, 0.05) is 11.6 Å². The highest BCUT2D eigenvalue weighted by molar-refractivity contribution is 7.11. The quantitative estimate of drug-likeness (QED) is 0.698. The van der Waals surface area contributed by atoms with Gasteiger partial charge < -0.3 is 14.5 Å². The van der Waals surface area contributed by atoms with Gasteiger partial charge in [-0.1, -0.05) is 0 Å². The Balaban J connectivity index is 1.54. The Morgan fingerprint density at radius 1 is 1.42 bits per heavy atom. The van der Waals surface area contributed by atoms with E-state index in [-0.39, 0.29) is 12.5 Å². The second kappa shape index (κ2) is 6.39. The Morgan fingerprint density at radius 2 is 2.23 bits per heavy atom. The number of benzene rings is 1. The summed E-state index contributed by atoms with van der Waals surface area (Å²) in [7, 11) is 0. The number of alkyl halides is 1. The average molecular weight is 374 g/mol. The van der Waals surface area contributed by atoms with Crippen LogP contribution in [0.5, 0.6) is 5.75 Å². The largest absolute Gasteiger partial charge is 0.488 e. The molecule has 4 rings (SSSR count). The molecule has 5 nitrogen and oxygen atoms in total. The van der Waals surface area contributed by atoms with Crippen LogP contribution in [0.25, 0.3) is 11.0 Å². The van der Waals surface area contributed by atoms with Crippen LogP contribution >= 0.6 is 11.3 Å². The number of halogens is 1. The number of rotatable bonds is 6. The zero-order chi connectivity index (χ0) is 18.3. The smallest absolute Gasteiger partial charge is 0.255 e. The van der Waals surface area contributed by atoms with E-state index in [4.69, 9.17) is 9.15 Å². The van der Waals surface area contributed by atoms with E-state index in [0.717, 1.165) is 9.88 Å². The summed E-state index contributed by atoms with van der Waals surface area (Å²) in [6.07, 6.45) is 2.81. The topological polar surface area (TPSA) is 64.4 Å². The number of carbonyl (C=O) groups is 1. The molecule has 2 aromatic heterocycles. The Morgan fingerprint density at radius 3 is 2.92 bits per heavy atom. The lowest BCUT2D eigenvalue weighted by atomic mass is 10.1. The SMILES string of the molecule is Cc1ncc(COc2ccc3oc(C)c(C(=O)NCC4(F)CC4)c3c2)s1. The molecular weight excluding hydrogens is 355 g/mol. The summed E-state index contributed by atoms with van der Waals surface area (Å²) in [5.41, 5.74) is -0.192. The van der Waals surface area contributed by atoms with Gasteiger partial charge >= 0.3 is 0 Å². The van der Waals surface area contributed by atoms with Crippen molar-refractivity contribution in [3.05, 3.63) is 45.6 Å². The predicted molar refractivity (Wildman–Crippen MR) is 97.5 cm³/mol. The highest BCUT2D eigenvalue weighted by Gasteiger charge is 2.43. The molecule has 3 aromatic rings. The van der Waals surface area contributed by atoms with Crippen LogP contribution in [0.15, 0.2) is 28.8 Å². The molecule has 2 heterocycles. The Kier molecular flexibility index (Phi) is 4.19. The molecule has 7 heteroatoms. The molecule has 1 amide bonds. The lowest BCUT2D eigenvalue weighted by Crippen LogP contribution is -2.31. The number of hydrogen-bond donors (Lipinski definition) is 1. The van der Waals surface area contributed by atoms with Gasteiger partial charge in [-0.25, -0.2) is 9.37 Å². The first-order valence-electron chi connectivity index (χ1n) is 8.48. The fourth-order valence-electron chi connectivity index (χ4n) is 2.84. The second-order valence-corrected chi connectivity index (χ2v) is 7.98. The summed E-state index contributed by atoms with van der Waals surface area (Å²) >= 11 is 1.58. The van der Waals surface area contributed by atoms with Gasteiger partial charge in [-0.05, 0) is 44.9 Å². The normalized spacial score (nSPS) is 15.2. The lowest BCUT2D eigenvalue weighted by molar-refractivity contribution is 0.0937. The van der Waals surface area contributed by atoms with Gasteiger partial charge in [0.1, 0.15) is 29.4 Å². The zero-order valence-corrected chi connectivity index (χ0v) is 15.4. The van der Waals surface area contributed by atoms with E-state index in [1.54, 1.807) is 36.6 Å². The molecule has 136 valence electrons. The van der Waals surface area contributed by atoms with Gasteiger partial charge in [-0.2, -0.15) is 0 Å². The summed E-state index contributed by atoms with van der Waals surface area (Å²) in [5, 5.41) is 4.34. The van der Waals surface area contributed by atoms with Gasteiger partial charge in [0.2, 0.25) is 0 Å². The maximum Gasteiger partial charge on any atom is 0.255 e. The number of furan rings is 1. The van der Waals surface area contributed by atoms with Crippen molar-refractivity contribution in [1.82, 2.24) is 10.3 Å². The first-order valence-corrected chi connectivity index (χ1v) is 9.30. The van der Waals surface area contributed by atoms with E-state index in [1.165, 1.54) is 0 Å². The number of carbonyl (C=O) groups excluding carboxylic acids is 1.